The molecule has 19 heavy (non-hydrogen) atoms. The maximum Gasteiger partial charge on any atom is 0.198 e. The van der Waals surface area contributed by atoms with Gasteiger partial charge in [0.15, 0.2) is 5.22 Å². The molecule has 0 spiro atoms. The van der Waals surface area contributed by atoms with Crippen LogP contribution < -0.4 is 10.1 Å². The summed E-state index contributed by atoms with van der Waals surface area (Å²) in [6, 6.07) is 9.76. The van der Waals surface area contributed by atoms with Gasteiger partial charge in [0.2, 0.25) is 0 Å². The van der Waals surface area contributed by atoms with E-state index in [-0.39, 0.29) is 12.1 Å². The summed E-state index contributed by atoms with van der Waals surface area (Å²) in [6.07, 6.45) is 1.71. The average molecular weight is 280 g/mol. The molecule has 0 fully saturated rings. The molecule has 2 aromatic rings. The van der Waals surface area contributed by atoms with E-state index in [2.05, 4.69) is 5.32 Å². The molecule has 102 valence electrons. The Morgan fingerprint density at radius 3 is 2.47 bits per heavy atom. The number of rotatable bonds is 5. The van der Waals surface area contributed by atoms with Crippen molar-refractivity contribution in [1.29, 1.82) is 0 Å². The number of furan rings is 1. The summed E-state index contributed by atoms with van der Waals surface area (Å²) in [5.41, 5.74) is 1.95. The summed E-state index contributed by atoms with van der Waals surface area (Å²) < 4.78 is 11.0. The Morgan fingerprint density at radius 2 is 1.89 bits per heavy atom. The normalized spacial score (nSPS) is 12.7. The van der Waals surface area contributed by atoms with Gasteiger partial charge >= 0.3 is 0 Å². The number of halogens is 1. The summed E-state index contributed by atoms with van der Waals surface area (Å²) in [7, 11) is 1.89. The largest absolute Gasteiger partial charge is 0.491 e. The fourth-order valence-corrected chi connectivity index (χ4v) is 2.29. The first-order chi connectivity index (χ1) is 9.13. The zero-order valence-electron chi connectivity index (χ0n) is 11.3. The molecule has 4 heteroatoms. The quantitative estimate of drug-likeness (QED) is 0.897. The predicted molar refractivity (Wildman–Crippen MR) is 76.8 cm³/mol. The van der Waals surface area contributed by atoms with Crippen molar-refractivity contribution in [2.24, 2.45) is 0 Å². The molecule has 1 heterocycles. The minimum Gasteiger partial charge on any atom is -0.491 e. The summed E-state index contributed by atoms with van der Waals surface area (Å²) in [5.74, 6) is 0.856. The molecule has 0 bridgehead atoms. The number of benzene rings is 1. The molecule has 3 nitrogen and oxygen atoms in total. The fourth-order valence-electron chi connectivity index (χ4n) is 2.07. The minimum absolute atomic E-state index is 0.0544. The Balaban J connectivity index is 2.41. The van der Waals surface area contributed by atoms with Crippen LogP contribution in [0.3, 0.4) is 0 Å². The van der Waals surface area contributed by atoms with Crippen LogP contribution in [-0.4, -0.2) is 13.2 Å². The number of ether oxygens (including phenoxy) is 1. The van der Waals surface area contributed by atoms with E-state index in [4.69, 9.17) is 20.8 Å². The third-order valence-electron chi connectivity index (χ3n) is 2.84. The summed E-state index contributed by atoms with van der Waals surface area (Å²) in [6.45, 7) is 4.02. The second-order valence-electron chi connectivity index (χ2n) is 4.58. The molecule has 1 N–H and O–H groups in total. The van der Waals surface area contributed by atoms with Crippen molar-refractivity contribution in [2.75, 3.05) is 7.05 Å². The van der Waals surface area contributed by atoms with E-state index in [1.165, 1.54) is 0 Å². The van der Waals surface area contributed by atoms with Gasteiger partial charge in [0.05, 0.1) is 18.4 Å². The highest BCUT2D eigenvalue weighted by Crippen LogP contribution is 2.34. The molecule has 0 saturated carbocycles. The maximum atomic E-state index is 6.07. The van der Waals surface area contributed by atoms with Crippen molar-refractivity contribution in [3.05, 3.63) is 52.9 Å². The highest BCUT2D eigenvalue weighted by atomic mass is 35.5. The van der Waals surface area contributed by atoms with E-state index in [1.807, 2.05) is 51.2 Å². The molecular weight excluding hydrogens is 262 g/mol. The second kappa shape index (κ2) is 6.13. The zero-order chi connectivity index (χ0) is 13.8. The first-order valence-electron chi connectivity index (χ1n) is 6.29. The van der Waals surface area contributed by atoms with E-state index in [0.717, 1.165) is 16.9 Å². The van der Waals surface area contributed by atoms with Gasteiger partial charge in [-0.15, -0.1) is 0 Å². The van der Waals surface area contributed by atoms with E-state index < -0.39 is 0 Å². The molecule has 0 aliphatic carbocycles. The molecular formula is C15H18ClNO2. The van der Waals surface area contributed by atoms with Crippen LogP contribution >= 0.6 is 11.6 Å². The van der Waals surface area contributed by atoms with Gasteiger partial charge in [-0.25, -0.2) is 0 Å². The molecule has 1 unspecified atom stereocenters. The van der Waals surface area contributed by atoms with Crippen molar-refractivity contribution in [3.8, 4) is 5.75 Å². The van der Waals surface area contributed by atoms with Crippen LogP contribution in [-0.2, 0) is 0 Å². The van der Waals surface area contributed by atoms with Crippen LogP contribution in [0.15, 0.2) is 41.0 Å². The van der Waals surface area contributed by atoms with Crippen LogP contribution in [0.4, 0.5) is 0 Å². The van der Waals surface area contributed by atoms with Crippen LogP contribution in [0.25, 0.3) is 0 Å². The predicted octanol–water partition coefficient (Wildman–Crippen LogP) is 4.03. The molecule has 0 aliphatic heterocycles. The summed E-state index contributed by atoms with van der Waals surface area (Å²) >= 11 is 6.07. The van der Waals surface area contributed by atoms with Crippen LogP contribution in [0.5, 0.6) is 5.75 Å². The van der Waals surface area contributed by atoms with E-state index in [1.54, 1.807) is 6.26 Å². The molecule has 1 aromatic heterocycles. The first kappa shape index (κ1) is 14.0. The number of nitrogens with one attached hydrogen (secondary N) is 1. The molecule has 0 amide bonds. The fraction of sp³-hybridized carbons (Fsp3) is 0.333. The standard InChI is InChI=1S/C15H18ClNO2/c1-10(2)19-13-7-5-4-6-11(13)14(17-3)12-8-9-18-15(12)16/h4-10,14,17H,1-3H3. The van der Waals surface area contributed by atoms with Gasteiger partial charge < -0.3 is 14.5 Å². The van der Waals surface area contributed by atoms with Gasteiger partial charge in [-0.1, -0.05) is 18.2 Å². The highest BCUT2D eigenvalue weighted by molar-refractivity contribution is 6.29. The van der Waals surface area contributed by atoms with Gasteiger partial charge in [-0.3, -0.25) is 0 Å². The smallest absolute Gasteiger partial charge is 0.198 e. The SMILES string of the molecule is CNC(c1ccccc1OC(C)C)c1ccoc1Cl. The van der Waals surface area contributed by atoms with E-state index in [9.17, 15) is 0 Å². The number of hydrogen-bond donors (Lipinski definition) is 1. The summed E-state index contributed by atoms with van der Waals surface area (Å²) in [4.78, 5) is 0. The highest BCUT2D eigenvalue weighted by Gasteiger charge is 2.21. The monoisotopic (exact) mass is 279 g/mol. The van der Waals surface area contributed by atoms with Crippen molar-refractivity contribution >= 4 is 11.6 Å². The lowest BCUT2D eigenvalue weighted by molar-refractivity contribution is 0.238. The lowest BCUT2D eigenvalue weighted by Gasteiger charge is -2.20. The van der Waals surface area contributed by atoms with Crippen molar-refractivity contribution in [1.82, 2.24) is 5.32 Å². The van der Waals surface area contributed by atoms with Gasteiger partial charge in [0.25, 0.3) is 0 Å². The lowest BCUT2D eigenvalue weighted by Crippen LogP contribution is -2.19. The molecule has 1 aromatic carbocycles. The first-order valence-corrected chi connectivity index (χ1v) is 6.67. The van der Waals surface area contributed by atoms with Crippen LogP contribution in [0.1, 0.15) is 31.0 Å². The minimum atomic E-state index is -0.0544. The Labute approximate surface area is 118 Å². The number of para-hydroxylation sites is 1. The second-order valence-corrected chi connectivity index (χ2v) is 4.92. The van der Waals surface area contributed by atoms with Crippen molar-refractivity contribution < 1.29 is 9.15 Å². The Bertz CT molecular complexity index is 536. The van der Waals surface area contributed by atoms with E-state index >= 15 is 0 Å². The molecule has 0 radical (unpaired) electrons. The average Bonchev–Trinajstić information content (AvgIpc) is 2.78. The van der Waals surface area contributed by atoms with Gasteiger partial charge in [0, 0.05) is 11.1 Å². The van der Waals surface area contributed by atoms with Crippen molar-refractivity contribution in [2.45, 2.75) is 26.0 Å². The Hall–Kier alpha value is -1.45. The molecule has 2 rings (SSSR count). The molecule has 1 atom stereocenters. The van der Waals surface area contributed by atoms with Gasteiger partial charge in [-0.2, -0.15) is 0 Å². The lowest BCUT2D eigenvalue weighted by atomic mass is 10.0. The summed E-state index contributed by atoms with van der Waals surface area (Å²) in [5, 5.41) is 3.65. The van der Waals surface area contributed by atoms with Crippen LogP contribution in [0.2, 0.25) is 5.22 Å². The van der Waals surface area contributed by atoms with Gasteiger partial charge in [0.1, 0.15) is 5.75 Å². The Morgan fingerprint density at radius 1 is 1.16 bits per heavy atom. The van der Waals surface area contributed by atoms with Crippen molar-refractivity contribution in [3.63, 3.8) is 0 Å². The molecule has 0 aliphatic rings. The molecule has 0 saturated heterocycles. The number of hydrogen-bond acceptors (Lipinski definition) is 3. The van der Waals surface area contributed by atoms with Crippen LogP contribution in [0, 0.1) is 0 Å². The third kappa shape index (κ3) is 3.11. The third-order valence-corrected chi connectivity index (χ3v) is 3.15. The van der Waals surface area contributed by atoms with Gasteiger partial charge in [-0.05, 0) is 44.6 Å². The Kier molecular flexibility index (Phi) is 4.51. The topological polar surface area (TPSA) is 34.4 Å². The van der Waals surface area contributed by atoms with E-state index in [0.29, 0.717) is 5.22 Å². The zero-order valence-corrected chi connectivity index (χ0v) is 12.1. The maximum absolute atomic E-state index is 6.07.